The maximum atomic E-state index is 9.42. The summed E-state index contributed by atoms with van der Waals surface area (Å²) in [6.07, 6.45) is 0.812. The molecule has 0 saturated carbocycles. The number of aliphatic hydroxyl groups is 1. The zero-order valence-electron chi connectivity index (χ0n) is 9.93. The Labute approximate surface area is 111 Å². The normalized spacial score (nSPS) is 13.9. The Morgan fingerprint density at radius 3 is 2.44 bits per heavy atom. The number of halogens is 2. The van der Waals surface area contributed by atoms with E-state index in [0.717, 1.165) is 21.5 Å². The molecule has 0 bridgehead atoms. The first kappa shape index (κ1) is 14.0. The van der Waals surface area contributed by atoms with Crippen molar-refractivity contribution in [2.24, 2.45) is 11.3 Å². The molecule has 16 heavy (non-hydrogen) atoms. The van der Waals surface area contributed by atoms with Crippen LogP contribution in [0.4, 0.5) is 0 Å². The van der Waals surface area contributed by atoms with Gasteiger partial charge in [-0.1, -0.05) is 54.4 Å². The molecule has 1 aromatic rings. The quantitative estimate of drug-likeness (QED) is 0.883. The predicted molar refractivity (Wildman–Crippen MR) is 72.9 cm³/mol. The predicted octanol–water partition coefficient (Wildman–Crippen LogP) is 4.30. The molecule has 0 spiro atoms. The zero-order chi connectivity index (χ0) is 12.3. The molecule has 0 amide bonds. The molecule has 0 aromatic heterocycles. The van der Waals surface area contributed by atoms with Gasteiger partial charge in [-0.15, -0.1) is 0 Å². The smallest absolute Gasteiger partial charge is 0.0467 e. The number of hydrogen-bond donors (Lipinski definition) is 1. The summed E-state index contributed by atoms with van der Waals surface area (Å²) in [4.78, 5) is 0. The summed E-state index contributed by atoms with van der Waals surface area (Å²) in [7, 11) is 0. The lowest BCUT2D eigenvalue weighted by Crippen LogP contribution is -2.26. The standard InChI is InChI=1S/C13H18BrClO/c1-13(2,3)10(8-16)6-9-4-5-11(14)7-12(9)15/h4-5,7,10,16H,6,8H2,1-3H3. The summed E-state index contributed by atoms with van der Waals surface area (Å²) in [5.41, 5.74) is 1.18. The third-order valence-corrected chi connectivity index (χ3v) is 3.77. The van der Waals surface area contributed by atoms with Gasteiger partial charge in [0.1, 0.15) is 0 Å². The van der Waals surface area contributed by atoms with Crippen molar-refractivity contribution in [3.8, 4) is 0 Å². The molecule has 0 fully saturated rings. The lowest BCUT2D eigenvalue weighted by Gasteiger charge is -2.29. The minimum atomic E-state index is 0.0884. The fraction of sp³-hybridized carbons (Fsp3) is 0.538. The van der Waals surface area contributed by atoms with Crippen LogP contribution in [0.3, 0.4) is 0 Å². The van der Waals surface area contributed by atoms with Gasteiger partial charge in [-0.3, -0.25) is 0 Å². The SMILES string of the molecule is CC(C)(C)C(CO)Cc1ccc(Br)cc1Cl. The van der Waals surface area contributed by atoms with Crippen LogP contribution in [0.5, 0.6) is 0 Å². The van der Waals surface area contributed by atoms with Gasteiger partial charge in [-0.25, -0.2) is 0 Å². The average molecular weight is 306 g/mol. The molecule has 0 heterocycles. The number of aliphatic hydroxyl groups excluding tert-OH is 1. The van der Waals surface area contributed by atoms with E-state index in [4.69, 9.17) is 11.6 Å². The summed E-state index contributed by atoms with van der Waals surface area (Å²) in [6, 6.07) is 5.90. The topological polar surface area (TPSA) is 20.2 Å². The Hall–Kier alpha value is -0.0500. The molecule has 0 aliphatic rings. The van der Waals surface area contributed by atoms with E-state index in [1.807, 2.05) is 18.2 Å². The van der Waals surface area contributed by atoms with Crippen molar-refractivity contribution in [2.75, 3.05) is 6.61 Å². The second-order valence-electron chi connectivity index (χ2n) is 5.19. The molecular formula is C13H18BrClO. The molecule has 1 aromatic carbocycles. The molecule has 1 atom stereocenters. The summed E-state index contributed by atoms with van der Waals surface area (Å²) < 4.78 is 0.984. The Balaban J connectivity index is 2.86. The highest BCUT2D eigenvalue weighted by Gasteiger charge is 2.24. The molecule has 1 N–H and O–H groups in total. The van der Waals surface area contributed by atoms with E-state index in [9.17, 15) is 5.11 Å². The molecule has 1 unspecified atom stereocenters. The van der Waals surface area contributed by atoms with Crippen molar-refractivity contribution < 1.29 is 5.11 Å². The molecule has 0 radical (unpaired) electrons. The van der Waals surface area contributed by atoms with Gasteiger partial charge >= 0.3 is 0 Å². The van der Waals surface area contributed by atoms with Gasteiger partial charge in [-0.2, -0.15) is 0 Å². The Morgan fingerprint density at radius 2 is 2.00 bits per heavy atom. The van der Waals surface area contributed by atoms with Gasteiger partial charge < -0.3 is 5.11 Å². The summed E-state index contributed by atoms with van der Waals surface area (Å²) >= 11 is 9.55. The van der Waals surface area contributed by atoms with Crippen LogP contribution < -0.4 is 0 Å². The van der Waals surface area contributed by atoms with Crippen molar-refractivity contribution in [2.45, 2.75) is 27.2 Å². The van der Waals surface area contributed by atoms with E-state index in [1.54, 1.807) is 0 Å². The first-order valence-corrected chi connectivity index (χ1v) is 6.56. The third-order valence-electron chi connectivity index (χ3n) is 2.93. The van der Waals surface area contributed by atoms with E-state index in [1.165, 1.54) is 0 Å². The molecule has 1 rings (SSSR count). The van der Waals surface area contributed by atoms with Crippen molar-refractivity contribution in [1.82, 2.24) is 0 Å². The van der Waals surface area contributed by atoms with Gasteiger partial charge in [0, 0.05) is 16.1 Å². The van der Waals surface area contributed by atoms with Crippen LogP contribution in [-0.4, -0.2) is 11.7 Å². The highest BCUT2D eigenvalue weighted by molar-refractivity contribution is 9.10. The lowest BCUT2D eigenvalue weighted by molar-refractivity contribution is 0.131. The van der Waals surface area contributed by atoms with E-state index in [0.29, 0.717) is 0 Å². The Morgan fingerprint density at radius 1 is 1.38 bits per heavy atom. The Bertz CT molecular complexity index is 357. The van der Waals surface area contributed by atoms with Crippen LogP contribution in [0.15, 0.2) is 22.7 Å². The molecule has 1 nitrogen and oxygen atoms in total. The van der Waals surface area contributed by atoms with Crippen LogP contribution >= 0.6 is 27.5 Å². The Kier molecular flexibility index (Phi) is 4.84. The first-order chi connectivity index (χ1) is 7.34. The van der Waals surface area contributed by atoms with Crippen molar-refractivity contribution in [3.05, 3.63) is 33.3 Å². The monoisotopic (exact) mass is 304 g/mol. The molecular weight excluding hydrogens is 287 g/mol. The maximum Gasteiger partial charge on any atom is 0.0467 e. The molecule has 3 heteroatoms. The minimum Gasteiger partial charge on any atom is -0.396 e. The fourth-order valence-corrected chi connectivity index (χ4v) is 2.35. The first-order valence-electron chi connectivity index (χ1n) is 5.39. The maximum absolute atomic E-state index is 9.42. The molecule has 0 aliphatic heterocycles. The summed E-state index contributed by atoms with van der Waals surface area (Å²) in [5, 5.41) is 10.2. The van der Waals surface area contributed by atoms with Gasteiger partial charge in [0.05, 0.1) is 0 Å². The summed E-state index contributed by atoms with van der Waals surface area (Å²) in [6.45, 7) is 6.61. The lowest BCUT2D eigenvalue weighted by atomic mass is 9.78. The molecule has 0 saturated heterocycles. The number of rotatable bonds is 3. The van der Waals surface area contributed by atoms with Crippen molar-refractivity contribution in [1.29, 1.82) is 0 Å². The van der Waals surface area contributed by atoms with Gasteiger partial charge in [0.15, 0.2) is 0 Å². The second kappa shape index (κ2) is 5.52. The summed E-state index contributed by atoms with van der Waals surface area (Å²) in [5.74, 6) is 0.228. The van der Waals surface area contributed by atoms with E-state index in [2.05, 4.69) is 36.7 Å². The minimum absolute atomic E-state index is 0.0884. The van der Waals surface area contributed by atoms with E-state index < -0.39 is 0 Å². The number of hydrogen-bond acceptors (Lipinski definition) is 1. The highest BCUT2D eigenvalue weighted by atomic mass is 79.9. The van der Waals surface area contributed by atoms with Crippen molar-refractivity contribution >= 4 is 27.5 Å². The highest BCUT2D eigenvalue weighted by Crippen LogP contribution is 2.31. The van der Waals surface area contributed by atoms with Crippen LogP contribution in [-0.2, 0) is 6.42 Å². The van der Waals surface area contributed by atoms with Gasteiger partial charge in [0.25, 0.3) is 0 Å². The average Bonchev–Trinajstić information content (AvgIpc) is 2.14. The molecule has 90 valence electrons. The van der Waals surface area contributed by atoms with E-state index in [-0.39, 0.29) is 17.9 Å². The second-order valence-corrected chi connectivity index (χ2v) is 6.51. The van der Waals surface area contributed by atoms with Crippen molar-refractivity contribution in [3.63, 3.8) is 0 Å². The van der Waals surface area contributed by atoms with Crippen LogP contribution in [0, 0.1) is 11.3 Å². The third kappa shape index (κ3) is 3.76. The van der Waals surface area contributed by atoms with Crippen LogP contribution in [0.25, 0.3) is 0 Å². The van der Waals surface area contributed by atoms with Crippen LogP contribution in [0.1, 0.15) is 26.3 Å². The fourth-order valence-electron chi connectivity index (χ4n) is 1.60. The molecule has 0 aliphatic carbocycles. The van der Waals surface area contributed by atoms with E-state index >= 15 is 0 Å². The van der Waals surface area contributed by atoms with Gasteiger partial charge in [-0.05, 0) is 35.4 Å². The van der Waals surface area contributed by atoms with Crippen LogP contribution in [0.2, 0.25) is 5.02 Å². The number of benzene rings is 1. The zero-order valence-corrected chi connectivity index (χ0v) is 12.3. The largest absolute Gasteiger partial charge is 0.396 e. The van der Waals surface area contributed by atoms with Gasteiger partial charge in [0.2, 0.25) is 0 Å².